The summed E-state index contributed by atoms with van der Waals surface area (Å²) in [6, 6.07) is 2.74. The van der Waals surface area contributed by atoms with Crippen LogP contribution < -0.4 is 15.2 Å². The molecular formula is C14H8N2O5S. The van der Waals surface area contributed by atoms with Crippen LogP contribution in [0.2, 0.25) is 0 Å². The molecule has 0 fully saturated rings. The summed E-state index contributed by atoms with van der Waals surface area (Å²) in [6.45, 7) is 0. The molecule has 1 aliphatic rings. The molecule has 0 spiro atoms. The lowest BCUT2D eigenvalue weighted by atomic mass is 10.1. The molecule has 1 aliphatic heterocycles. The molecule has 8 heteroatoms. The maximum atomic E-state index is 11.7. The molecule has 3 rings (SSSR count). The third-order valence-corrected chi connectivity index (χ3v) is 3.59. The maximum absolute atomic E-state index is 11.7. The van der Waals surface area contributed by atoms with Crippen LogP contribution in [0.15, 0.2) is 35.9 Å². The standard InChI is InChI=1S/C14H8N2O5S/c15-13(19)7-1-2-8-12(11(7)14-16-5-6-22-14)21-10(18)4-3-9(17)20-8/h1-6H,(H2,15,19)/b4-3+. The van der Waals surface area contributed by atoms with E-state index in [9.17, 15) is 14.4 Å². The number of amides is 1. The molecule has 0 aliphatic carbocycles. The zero-order chi connectivity index (χ0) is 15.7. The summed E-state index contributed by atoms with van der Waals surface area (Å²) in [5.41, 5.74) is 5.69. The molecule has 2 heterocycles. The molecule has 22 heavy (non-hydrogen) atoms. The lowest BCUT2D eigenvalue weighted by Crippen LogP contribution is -2.17. The first-order valence-corrected chi connectivity index (χ1v) is 6.92. The van der Waals surface area contributed by atoms with Crippen molar-refractivity contribution in [2.24, 2.45) is 5.73 Å². The normalized spacial score (nSPS) is 15.1. The molecule has 1 aromatic heterocycles. The van der Waals surface area contributed by atoms with Gasteiger partial charge >= 0.3 is 11.9 Å². The number of carbonyl (C=O) groups is 3. The lowest BCUT2D eigenvalue weighted by molar-refractivity contribution is -0.133. The van der Waals surface area contributed by atoms with Crippen LogP contribution >= 0.6 is 11.3 Å². The van der Waals surface area contributed by atoms with E-state index in [-0.39, 0.29) is 22.6 Å². The van der Waals surface area contributed by atoms with E-state index in [1.165, 1.54) is 29.7 Å². The minimum atomic E-state index is -0.766. The average molecular weight is 316 g/mol. The van der Waals surface area contributed by atoms with Crippen LogP contribution in [0.4, 0.5) is 0 Å². The number of nitrogens with two attached hydrogens (primary N) is 1. The Hall–Kier alpha value is -3.00. The summed E-state index contributed by atoms with van der Waals surface area (Å²) in [6.07, 6.45) is 3.42. The number of esters is 2. The Kier molecular flexibility index (Phi) is 3.43. The van der Waals surface area contributed by atoms with Crippen molar-refractivity contribution in [3.8, 4) is 22.1 Å². The molecule has 0 bridgehead atoms. The van der Waals surface area contributed by atoms with Gasteiger partial charge in [-0.1, -0.05) is 0 Å². The summed E-state index contributed by atoms with van der Waals surface area (Å²) in [5.74, 6) is -2.26. The molecule has 2 aromatic rings. The van der Waals surface area contributed by atoms with Gasteiger partial charge in [-0.05, 0) is 12.1 Å². The van der Waals surface area contributed by atoms with Crippen molar-refractivity contribution in [2.75, 3.05) is 0 Å². The minimum absolute atomic E-state index is 0.0119. The number of nitrogens with zero attached hydrogens (tertiary/aromatic N) is 1. The summed E-state index contributed by atoms with van der Waals surface area (Å²) in [7, 11) is 0. The quantitative estimate of drug-likeness (QED) is 0.660. The molecule has 110 valence electrons. The predicted molar refractivity (Wildman–Crippen MR) is 76.5 cm³/mol. The molecule has 0 atom stereocenters. The van der Waals surface area contributed by atoms with Crippen LogP contribution in [0.25, 0.3) is 10.6 Å². The second-order valence-electron chi connectivity index (χ2n) is 4.19. The van der Waals surface area contributed by atoms with Gasteiger partial charge in [-0.3, -0.25) is 4.79 Å². The van der Waals surface area contributed by atoms with Gasteiger partial charge in [0.05, 0.1) is 11.1 Å². The fraction of sp³-hybridized carbons (Fsp3) is 0. The van der Waals surface area contributed by atoms with Gasteiger partial charge in [0, 0.05) is 23.7 Å². The van der Waals surface area contributed by atoms with Gasteiger partial charge < -0.3 is 15.2 Å². The zero-order valence-electron chi connectivity index (χ0n) is 10.9. The number of hydrogen-bond donors (Lipinski definition) is 1. The average Bonchev–Trinajstić information content (AvgIpc) is 2.98. The summed E-state index contributed by atoms with van der Waals surface area (Å²) >= 11 is 1.23. The topological polar surface area (TPSA) is 109 Å². The van der Waals surface area contributed by atoms with Crippen LogP contribution in [-0.2, 0) is 9.59 Å². The first-order chi connectivity index (χ1) is 10.6. The number of carbonyl (C=O) groups excluding carboxylic acids is 3. The number of primary amides is 1. The van der Waals surface area contributed by atoms with Crippen molar-refractivity contribution in [3.05, 3.63) is 41.4 Å². The Labute approximate surface area is 128 Å². The number of aromatic nitrogens is 1. The molecule has 1 amide bonds. The molecule has 7 nitrogen and oxygen atoms in total. The molecule has 1 aromatic carbocycles. The van der Waals surface area contributed by atoms with E-state index >= 15 is 0 Å². The summed E-state index contributed by atoms with van der Waals surface area (Å²) in [5, 5.41) is 2.11. The molecule has 0 saturated heterocycles. The highest BCUT2D eigenvalue weighted by Crippen LogP contribution is 2.42. The Morgan fingerprint density at radius 1 is 1.14 bits per heavy atom. The number of hydrogen-bond acceptors (Lipinski definition) is 7. The summed E-state index contributed by atoms with van der Waals surface area (Å²) in [4.78, 5) is 39.0. The van der Waals surface area contributed by atoms with Crippen LogP contribution in [0.3, 0.4) is 0 Å². The fourth-order valence-corrected chi connectivity index (χ4v) is 2.62. The van der Waals surface area contributed by atoms with E-state index < -0.39 is 17.8 Å². The van der Waals surface area contributed by atoms with Crippen LogP contribution in [-0.4, -0.2) is 22.8 Å². The van der Waals surface area contributed by atoms with E-state index in [0.717, 1.165) is 12.2 Å². The van der Waals surface area contributed by atoms with E-state index in [2.05, 4.69) is 4.98 Å². The lowest BCUT2D eigenvalue weighted by Gasteiger charge is -2.16. The van der Waals surface area contributed by atoms with Crippen molar-refractivity contribution in [3.63, 3.8) is 0 Å². The minimum Gasteiger partial charge on any atom is -0.419 e. The SMILES string of the molecule is NC(=O)c1ccc2c(c1-c1nccs1)OC(=O)/C=C/C(=O)O2. The zero-order valence-corrected chi connectivity index (χ0v) is 11.8. The van der Waals surface area contributed by atoms with Gasteiger partial charge in [0.1, 0.15) is 5.01 Å². The van der Waals surface area contributed by atoms with E-state index in [1.807, 2.05) is 0 Å². The van der Waals surface area contributed by atoms with E-state index in [4.69, 9.17) is 15.2 Å². The highest BCUT2D eigenvalue weighted by atomic mass is 32.1. The third-order valence-electron chi connectivity index (χ3n) is 2.80. The first kappa shape index (κ1) is 14.0. The van der Waals surface area contributed by atoms with Crippen molar-refractivity contribution >= 4 is 29.2 Å². The Morgan fingerprint density at radius 2 is 1.86 bits per heavy atom. The highest BCUT2D eigenvalue weighted by molar-refractivity contribution is 7.13. The number of ether oxygens (including phenoxy) is 2. The van der Waals surface area contributed by atoms with E-state index in [0.29, 0.717) is 5.01 Å². The summed E-state index contributed by atoms with van der Waals surface area (Å²) < 4.78 is 10.3. The monoisotopic (exact) mass is 316 g/mol. The van der Waals surface area contributed by atoms with Gasteiger partial charge in [0.15, 0.2) is 11.5 Å². The second kappa shape index (κ2) is 5.41. The van der Waals surface area contributed by atoms with Crippen LogP contribution in [0.1, 0.15) is 10.4 Å². The van der Waals surface area contributed by atoms with Crippen molar-refractivity contribution in [1.29, 1.82) is 0 Å². The van der Waals surface area contributed by atoms with Gasteiger partial charge in [0.2, 0.25) is 5.91 Å². The number of fused-ring (bicyclic) bond motifs is 1. The van der Waals surface area contributed by atoms with Gasteiger partial charge in [0.25, 0.3) is 0 Å². The number of benzene rings is 1. The maximum Gasteiger partial charge on any atom is 0.336 e. The van der Waals surface area contributed by atoms with E-state index in [1.54, 1.807) is 5.38 Å². The second-order valence-corrected chi connectivity index (χ2v) is 5.09. The Balaban J connectivity index is 2.28. The fourth-order valence-electron chi connectivity index (χ4n) is 1.92. The molecule has 0 radical (unpaired) electrons. The third kappa shape index (κ3) is 2.47. The van der Waals surface area contributed by atoms with Crippen molar-refractivity contribution in [2.45, 2.75) is 0 Å². The molecular weight excluding hydrogens is 308 g/mol. The van der Waals surface area contributed by atoms with Crippen molar-refractivity contribution in [1.82, 2.24) is 4.98 Å². The molecule has 0 unspecified atom stereocenters. The Morgan fingerprint density at radius 3 is 2.50 bits per heavy atom. The van der Waals surface area contributed by atoms with Gasteiger partial charge in [-0.25, -0.2) is 14.6 Å². The predicted octanol–water partition coefficient (Wildman–Crippen LogP) is 1.29. The highest BCUT2D eigenvalue weighted by Gasteiger charge is 2.25. The van der Waals surface area contributed by atoms with Crippen LogP contribution in [0.5, 0.6) is 11.5 Å². The Bertz CT molecular complexity index is 811. The first-order valence-electron chi connectivity index (χ1n) is 6.04. The smallest absolute Gasteiger partial charge is 0.336 e. The number of rotatable bonds is 2. The van der Waals surface area contributed by atoms with Gasteiger partial charge in [-0.2, -0.15) is 0 Å². The molecule has 0 saturated carbocycles. The number of thiazole rings is 1. The van der Waals surface area contributed by atoms with Crippen LogP contribution in [0, 0.1) is 0 Å². The molecule has 2 N–H and O–H groups in total. The largest absolute Gasteiger partial charge is 0.419 e. The van der Waals surface area contributed by atoms with Crippen molar-refractivity contribution < 1.29 is 23.9 Å². The van der Waals surface area contributed by atoms with Gasteiger partial charge in [-0.15, -0.1) is 11.3 Å².